The summed E-state index contributed by atoms with van der Waals surface area (Å²) in [5.74, 6) is 0. The number of benzene rings is 2. The second-order valence-corrected chi connectivity index (χ2v) is 4.32. The summed E-state index contributed by atoms with van der Waals surface area (Å²) in [4.78, 5) is 2.62. The minimum Gasteiger partial charge on any atom is -0.390 e. The van der Waals surface area contributed by atoms with Gasteiger partial charge in [-0.05, 0) is 28.3 Å². The molecule has 2 aromatic rings. The lowest BCUT2D eigenvalue weighted by Crippen LogP contribution is -2.19. The zero-order valence-electron chi connectivity index (χ0n) is 10.3. The first kappa shape index (κ1) is 13.4. The van der Waals surface area contributed by atoms with Crippen LogP contribution in [0, 0.1) is 0 Å². The molecule has 0 radical (unpaired) electrons. The molecule has 0 saturated heterocycles. The van der Waals surface area contributed by atoms with Gasteiger partial charge in [0.1, 0.15) is 6.10 Å². The Bertz CT molecular complexity index is 603. The second-order valence-electron chi connectivity index (χ2n) is 4.32. The minimum atomic E-state index is -0.986. The first-order chi connectivity index (χ1) is 9.24. The maximum absolute atomic E-state index is 10.2. The van der Waals surface area contributed by atoms with Gasteiger partial charge < -0.3 is 10.2 Å². The van der Waals surface area contributed by atoms with Gasteiger partial charge in [-0.25, -0.2) is 0 Å². The van der Waals surface area contributed by atoms with E-state index in [0.717, 1.165) is 10.8 Å². The van der Waals surface area contributed by atoms with E-state index in [1.165, 1.54) is 0 Å². The molecule has 19 heavy (non-hydrogen) atoms. The fraction of sp³-hybridized carbons (Fsp3) is 0.286. The van der Waals surface area contributed by atoms with Gasteiger partial charge in [0.05, 0.1) is 6.10 Å². The number of hydrogen-bond acceptors (Lipinski definition) is 3. The molecule has 5 nitrogen and oxygen atoms in total. The summed E-state index contributed by atoms with van der Waals surface area (Å²) in [6, 6.07) is 13.3. The highest BCUT2D eigenvalue weighted by molar-refractivity contribution is 5.86. The molecule has 2 N–H and O–H groups in total. The Hall–Kier alpha value is -2.07. The highest BCUT2D eigenvalue weighted by Gasteiger charge is 2.19. The number of aliphatic hydroxyl groups excluding tert-OH is 2. The summed E-state index contributed by atoms with van der Waals surface area (Å²) in [7, 11) is 0. The fourth-order valence-corrected chi connectivity index (χ4v) is 2.11. The van der Waals surface area contributed by atoms with Crippen LogP contribution in [0.15, 0.2) is 47.6 Å². The van der Waals surface area contributed by atoms with Crippen LogP contribution >= 0.6 is 0 Å². The Morgan fingerprint density at radius 3 is 2.63 bits per heavy atom. The van der Waals surface area contributed by atoms with Crippen molar-refractivity contribution in [1.82, 2.24) is 0 Å². The molecule has 0 fully saturated rings. The Morgan fingerprint density at radius 2 is 1.84 bits per heavy atom. The first-order valence-corrected chi connectivity index (χ1v) is 6.08. The monoisotopic (exact) mass is 257 g/mol. The van der Waals surface area contributed by atoms with Gasteiger partial charge in [0.25, 0.3) is 0 Å². The van der Waals surface area contributed by atoms with E-state index in [-0.39, 0.29) is 13.0 Å². The van der Waals surface area contributed by atoms with Crippen molar-refractivity contribution in [2.24, 2.45) is 5.11 Å². The average Bonchev–Trinajstić information content (AvgIpc) is 2.46. The Labute approximate surface area is 110 Å². The van der Waals surface area contributed by atoms with Crippen molar-refractivity contribution in [2.45, 2.75) is 18.6 Å². The topological polar surface area (TPSA) is 89.2 Å². The van der Waals surface area contributed by atoms with Crippen LogP contribution in [0.2, 0.25) is 0 Å². The maximum Gasteiger partial charge on any atom is 0.105 e. The zero-order chi connectivity index (χ0) is 13.7. The predicted octanol–water partition coefficient (Wildman–Crippen LogP) is 2.93. The van der Waals surface area contributed by atoms with Gasteiger partial charge in [0, 0.05) is 11.5 Å². The van der Waals surface area contributed by atoms with E-state index in [0.29, 0.717) is 5.56 Å². The van der Waals surface area contributed by atoms with Gasteiger partial charge in [-0.3, -0.25) is 0 Å². The highest BCUT2D eigenvalue weighted by atomic mass is 16.3. The third-order valence-corrected chi connectivity index (χ3v) is 3.09. The van der Waals surface area contributed by atoms with Crippen LogP contribution in [0.3, 0.4) is 0 Å². The van der Waals surface area contributed by atoms with Gasteiger partial charge in [-0.2, -0.15) is 0 Å². The van der Waals surface area contributed by atoms with Crippen molar-refractivity contribution in [2.75, 3.05) is 6.54 Å². The van der Waals surface area contributed by atoms with Crippen LogP contribution in [0.5, 0.6) is 0 Å². The number of aliphatic hydroxyl groups is 2. The molecule has 0 bridgehead atoms. The molecule has 2 rings (SSSR count). The van der Waals surface area contributed by atoms with Crippen LogP contribution in [0.1, 0.15) is 18.1 Å². The molecule has 2 atom stereocenters. The molecule has 0 spiro atoms. The molecule has 0 aliphatic carbocycles. The van der Waals surface area contributed by atoms with Gasteiger partial charge in [0.2, 0.25) is 0 Å². The Balaban J connectivity index is 2.25. The summed E-state index contributed by atoms with van der Waals surface area (Å²) in [5, 5.41) is 25.4. The van der Waals surface area contributed by atoms with Gasteiger partial charge in [0.15, 0.2) is 0 Å². The van der Waals surface area contributed by atoms with E-state index in [4.69, 9.17) is 5.53 Å². The highest BCUT2D eigenvalue weighted by Crippen LogP contribution is 2.27. The van der Waals surface area contributed by atoms with Crippen molar-refractivity contribution >= 4 is 10.8 Å². The molecule has 0 heterocycles. The molecular weight excluding hydrogens is 242 g/mol. The Kier molecular flexibility index (Phi) is 4.36. The fourth-order valence-electron chi connectivity index (χ4n) is 2.11. The van der Waals surface area contributed by atoms with Gasteiger partial charge in [-0.1, -0.05) is 47.6 Å². The summed E-state index contributed by atoms with van der Waals surface area (Å²) in [5.41, 5.74) is 8.88. The molecule has 98 valence electrons. The molecule has 2 unspecified atom stereocenters. The quantitative estimate of drug-likeness (QED) is 0.490. The number of fused-ring (bicyclic) bond motifs is 1. The summed E-state index contributed by atoms with van der Waals surface area (Å²) in [6.45, 7) is 0.166. The van der Waals surface area contributed by atoms with E-state index in [2.05, 4.69) is 10.0 Å². The smallest absolute Gasteiger partial charge is 0.105 e. The second kappa shape index (κ2) is 6.20. The molecule has 0 saturated carbocycles. The summed E-state index contributed by atoms with van der Waals surface area (Å²) in [6.07, 6.45) is -1.70. The maximum atomic E-state index is 10.2. The van der Waals surface area contributed by atoms with E-state index >= 15 is 0 Å². The standard InChI is InChI=1S/C14H15N3O2/c15-17-16-9-8-13(18)14(19)12-7-3-5-10-4-1-2-6-11(10)12/h1-7,13-14,18-19H,8-9H2. The average molecular weight is 257 g/mol. The summed E-state index contributed by atoms with van der Waals surface area (Å²) >= 11 is 0. The van der Waals surface area contributed by atoms with Crippen molar-refractivity contribution < 1.29 is 10.2 Å². The lowest BCUT2D eigenvalue weighted by Gasteiger charge is -2.19. The third kappa shape index (κ3) is 3.03. The SMILES string of the molecule is [N-]=[N+]=NCCC(O)C(O)c1cccc2ccccc12. The molecule has 0 aliphatic heterocycles. The molecule has 0 aromatic heterocycles. The molecule has 0 amide bonds. The lowest BCUT2D eigenvalue weighted by atomic mass is 9.96. The Morgan fingerprint density at radius 1 is 1.11 bits per heavy atom. The number of nitrogens with zero attached hydrogens (tertiary/aromatic N) is 3. The van der Waals surface area contributed by atoms with Gasteiger partial charge in [-0.15, -0.1) is 0 Å². The van der Waals surface area contributed by atoms with Gasteiger partial charge >= 0.3 is 0 Å². The van der Waals surface area contributed by atoms with Crippen LogP contribution in [0.25, 0.3) is 21.2 Å². The summed E-state index contributed by atoms with van der Waals surface area (Å²) < 4.78 is 0. The van der Waals surface area contributed by atoms with Crippen LogP contribution < -0.4 is 0 Å². The van der Waals surface area contributed by atoms with E-state index in [1.54, 1.807) is 6.07 Å². The number of azide groups is 1. The molecule has 2 aromatic carbocycles. The van der Waals surface area contributed by atoms with Crippen molar-refractivity contribution in [3.63, 3.8) is 0 Å². The van der Waals surface area contributed by atoms with E-state index in [9.17, 15) is 10.2 Å². The predicted molar refractivity (Wildman–Crippen MR) is 73.5 cm³/mol. The normalized spacial score (nSPS) is 13.8. The lowest BCUT2D eigenvalue weighted by molar-refractivity contribution is 0.0159. The zero-order valence-corrected chi connectivity index (χ0v) is 10.3. The molecular formula is C14H15N3O2. The van der Waals surface area contributed by atoms with Crippen LogP contribution in [-0.4, -0.2) is 22.9 Å². The molecule has 0 aliphatic rings. The van der Waals surface area contributed by atoms with Crippen LogP contribution in [0.4, 0.5) is 0 Å². The molecule has 5 heteroatoms. The largest absolute Gasteiger partial charge is 0.390 e. The van der Waals surface area contributed by atoms with Crippen molar-refractivity contribution in [3.8, 4) is 0 Å². The first-order valence-electron chi connectivity index (χ1n) is 6.08. The van der Waals surface area contributed by atoms with E-state index < -0.39 is 12.2 Å². The van der Waals surface area contributed by atoms with Crippen molar-refractivity contribution in [1.29, 1.82) is 0 Å². The van der Waals surface area contributed by atoms with Crippen LogP contribution in [-0.2, 0) is 0 Å². The third-order valence-electron chi connectivity index (χ3n) is 3.09. The van der Waals surface area contributed by atoms with E-state index in [1.807, 2.05) is 36.4 Å². The van der Waals surface area contributed by atoms with Crippen molar-refractivity contribution in [3.05, 3.63) is 58.5 Å². The number of hydrogen-bond donors (Lipinski definition) is 2. The minimum absolute atomic E-state index is 0.166. The number of rotatable bonds is 5.